The molecular weight excluding hydrogens is 214 g/mol. The van der Waals surface area contributed by atoms with Crippen molar-refractivity contribution in [1.82, 2.24) is 14.5 Å². The third kappa shape index (κ3) is 1.62. The van der Waals surface area contributed by atoms with Crippen LogP contribution in [0.25, 0.3) is 0 Å². The van der Waals surface area contributed by atoms with Crippen LogP contribution in [0.5, 0.6) is 0 Å². The fourth-order valence-electron chi connectivity index (χ4n) is 2.78. The summed E-state index contributed by atoms with van der Waals surface area (Å²) in [5.74, 6) is 0.990. The normalized spacial score (nSPS) is 19.5. The molecular formula is C13H19N3O. The maximum absolute atomic E-state index is 12.0. The minimum absolute atomic E-state index is 0.0000926. The Morgan fingerprint density at radius 3 is 2.71 bits per heavy atom. The highest BCUT2D eigenvalue weighted by atomic mass is 16.1. The van der Waals surface area contributed by atoms with E-state index in [0.717, 1.165) is 43.9 Å². The van der Waals surface area contributed by atoms with Gasteiger partial charge in [-0.25, -0.2) is 0 Å². The van der Waals surface area contributed by atoms with Crippen molar-refractivity contribution in [2.45, 2.75) is 58.8 Å². The Balaban J connectivity index is 2.09. The van der Waals surface area contributed by atoms with Crippen molar-refractivity contribution >= 4 is 0 Å². The molecule has 1 aromatic heterocycles. The average molecular weight is 233 g/mol. The smallest absolute Gasteiger partial charge is 0.277 e. The fourth-order valence-corrected chi connectivity index (χ4v) is 2.78. The number of hydrogen-bond donors (Lipinski definition) is 0. The van der Waals surface area contributed by atoms with Gasteiger partial charge in [0.2, 0.25) is 0 Å². The van der Waals surface area contributed by atoms with E-state index in [4.69, 9.17) is 0 Å². The molecule has 0 unspecified atom stereocenters. The number of rotatable bonds is 0. The number of fused-ring (bicyclic) bond motifs is 3. The largest absolute Gasteiger partial charge is 0.332 e. The Morgan fingerprint density at radius 2 is 2.00 bits per heavy atom. The minimum Gasteiger partial charge on any atom is -0.332 e. The molecule has 0 saturated heterocycles. The first-order chi connectivity index (χ1) is 7.97. The maximum atomic E-state index is 12.0. The first kappa shape index (κ1) is 11.0. The lowest BCUT2D eigenvalue weighted by Crippen LogP contribution is -2.37. The molecule has 4 heteroatoms. The maximum Gasteiger partial charge on any atom is 0.277 e. The van der Waals surface area contributed by atoms with Gasteiger partial charge in [-0.15, -0.1) is 0 Å². The van der Waals surface area contributed by atoms with Crippen LogP contribution in [0.3, 0.4) is 0 Å². The van der Waals surface area contributed by atoms with E-state index in [9.17, 15) is 4.79 Å². The Labute approximate surface area is 101 Å². The molecule has 0 radical (unpaired) electrons. The molecule has 0 aliphatic carbocycles. The average Bonchev–Trinajstić information content (AvgIpc) is 2.78. The topological polar surface area (TPSA) is 38.1 Å². The molecule has 2 aliphatic rings. The van der Waals surface area contributed by atoms with Gasteiger partial charge in [0.15, 0.2) is 0 Å². The van der Waals surface area contributed by atoms with Gasteiger partial charge in [-0.1, -0.05) is 0 Å². The third-order valence-electron chi connectivity index (χ3n) is 3.89. The van der Waals surface area contributed by atoms with Crippen molar-refractivity contribution in [1.29, 1.82) is 0 Å². The standard InChI is InChI=1S/C13H19N3O/c1-13(2,3)15-7-9-10(8-15)16-6-4-5-11(16)14-12(9)17/h4-8H2,1-3H3. The summed E-state index contributed by atoms with van der Waals surface area (Å²) in [6.07, 6.45) is 2.08. The van der Waals surface area contributed by atoms with Crippen molar-refractivity contribution in [3.8, 4) is 0 Å². The van der Waals surface area contributed by atoms with Gasteiger partial charge in [-0.05, 0) is 27.2 Å². The molecule has 0 aromatic carbocycles. The van der Waals surface area contributed by atoms with E-state index in [-0.39, 0.29) is 11.1 Å². The second-order valence-electron chi connectivity index (χ2n) is 6.04. The Hall–Kier alpha value is -1.16. The first-order valence-corrected chi connectivity index (χ1v) is 6.33. The highest BCUT2D eigenvalue weighted by molar-refractivity contribution is 5.25. The van der Waals surface area contributed by atoms with Gasteiger partial charge < -0.3 is 4.57 Å². The molecule has 17 heavy (non-hydrogen) atoms. The quantitative estimate of drug-likeness (QED) is 0.678. The van der Waals surface area contributed by atoms with Crippen molar-refractivity contribution < 1.29 is 0 Å². The van der Waals surface area contributed by atoms with E-state index in [2.05, 4.69) is 35.2 Å². The number of nitrogens with zero attached hydrogens (tertiary/aromatic N) is 3. The van der Waals surface area contributed by atoms with E-state index in [1.54, 1.807) is 0 Å². The molecule has 0 amide bonds. The number of hydrogen-bond acceptors (Lipinski definition) is 3. The van der Waals surface area contributed by atoms with Crippen LogP contribution < -0.4 is 5.56 Å². The van der Waals surface area contributed by atoms with Gasteiger partial charge in [-0.3, -0.25) is 9.69 Å². The lowest BCUT2D eigenvalue weighted by Gasteiger charge is -2.31. The summed E-state index contributed by atoms with van der Waals surface area (Å²) < 4.78 is 2.27. The lowest BCUT2D eigenvalue weighted by molar-refractivity contribution is 0.134. The molecule has 0 bridgehead atoms. The summed E-state index contributed by atoms with van der Waals surface area (Å²) in [5, 5.41) is 0. The molecule has 0 N–H and O–H groups in total. The predicted molar refractivity (Wildman–Crippen MR) is 65.8 cm³/mol. The molecule has 3 rings (SSSR count). The molecule has 0 spiro atoms. The van der Waals surface area contributed by atoms with Gasteiger partial charge in [-0.2, -0.15) is 4.98 Å². The SMILES string of the molecule is CC(C)(C)N1Cc2c(n3c(nc2=O)CCC3)C1. The van der Waals surface area contributed by atoms with Crippen LogP contribution in [0.2, 0.25) is 0 Å². The monoisotopic (exact) mass is 233 g/mol. The van der Waals surface area contributed by atoms with Gasteiger partial charge in [0.1, 0.15) is 5.82 Å². The summed E-state index contributed by atoms with van der Waals surface area (Å²) in [6.45, 7) is 9.27. The van der Waals surface area contributed by atoms with E-state index in [0.29, 0.717) is 0 Å². The molecule has 1 aromatic rings. The van der Waals surface area contributed by atoms with Gasteiger partial charge in [0.25, 0.3) is 5.56 Å². The van der Waals surface area contributed by atoms with Crippen molar-refractivity contribution in [2.24, 2.45) is 0 Å². The van der Waals surface area contributed by atoms with E-state index in [1.807, 2.05) is 0 Å². The van der Waals surface area contributed by atoms with Crippen molar-refractivity contribution in [3.63, 3.8) is 0 Å². The van der Waals surface area contributed by atoms with Crippen LogP contribution in [0.15, 0.2) is 4.79 Å². The molecule has 4 nitrogen and oxygen atoms in total. The first-order valence-electron chi connectivity index (χ1n) is 6.33. The summed E-state index contributed by atoms with van der Waals surface area (Å²) >= 11 is 0. The predicted octanol–water partition coefficient (Wildman–Crippen LogP) is 1.30. The molecule has 92 valence electrons. The van der Waals surface area contributed by atoms with Gasteiger partial charge in [0, 0.05) is 37.3 Å². The summed E-state index contributed by atoms with van der Waals surface area (Å²) in [5.41, 5.74) is 2.25. The van der Waals surface area contributed by atoms with Crippen LogP contribution in [0.4, 0.5) is 0 Å². The number of aromatic nitrogens is 2. The van der Waals surface area contributed by atoms with Crippen LogP contribution in [0.1, 0.15) is 44.3 Å². The van der Waals surface area contributed by atoms with Gasteiger partial charge >= 0.3 is 0 Å². The second kappa shape index (κ2) is 3.42. The summed E-state index contributed by atoms with van der Waals surface area (Å²) in [4.78, 5) is 18.6. The second-order valence-corrected chi connectivity index (χ2v) is 6.04. The minimum atomic E-state index is -0.0000926. The lowest BCUT2D eigenvalue weighted by atomic mass is 10.1. The molecule has 2 aliphatic heterocycles. The van der Waals surface area contributed by atoms with Crippen molar-refractivity contribution in [2.75, 3.05) is 0 Å². The number of aryl methyl sites for hydroxylation is 1. The van der Waals surface area contributed by atoms with Crippen molar-refractivity contribution in [3.05, 3.63) is 27.4 Å². The third-order valence-corrected chi connectivity index (χ3v) is 3.89. The molecule has 3 heterocycles. The zero-order chi connectivity index (χ0) is 12.2. The van der Waals surface area contributed by atoms with E-state index < -0.39 is 0 Å². The Morgan fingerprint density at radius 1 is 1.24 bits per heavy atom. The Bertz CT molecular complexity index is 525. The Kier molecular flexibility index (Phi) is 2.20. The molecule has 0 fully saturated rings. The van der Waals surface area contributed by atoms with Crippen LogP contribution in [-0.4, -0.2) is 20.0 Å². The van der Waals surface area contributed by atoms with Gasteiger partial charge in [0.05, 0.1) is 5.56 Å². The zero-order valence-electron chi connectivity index (χ0n) is 10.8. The fraction of sp³-hybridized carbons (Fsp3) is 0.692. The van der Waals surface area contributed by atoms with E-state index in [1.165, 1.54) is 5.69 Å². The van der Waals surface area contributed by atoms with Crippen LogP contribution >= 0.6 is 0 Å². The molecule has 0 saturated carbocycles. The highest BCUT2D eigenvalue weighted by Crippen LogP contribution is 2.29. The highest BCUT2D eigenvalue weighted by Gasteiger charge is 2.33. The summed E-state index contributed by atoms with van der Waals surface area (Å²) in [6, 6.07) is 0. The van der Waals surface area contributed by atoms with Crippen LogP contribution in [-0.2, 0) is 26.1 Å². The summed E-state index contributed by atoms with van der Waals surface area (Å²) in [7, 11) is 0. The zero-order valence-corrected chi connectivity index (χ0v) is 10.8. The van der Waals surface area contributed by atoms with Crippen LogP contribution in [0, 0.1) is 0 Å². The molecule has 0 atom stereocenters. The van der Waals surface area contributed by atoms with E-state index >= 15 is 0 Å².